The van der Waals surface area contributed by atoms with Crippen LogP contribution in [0.1, 0.15) is 31.7 Å². The Morgan fingerprint density at radius 2 is 1.77 bits per heavy atom. The van der Waals surface area contributed by atoms with E-state index >= 15 is 0 Å². The minimum Gasteiger partial charge on any atom is -0.399 e. The van der Waals surface area contributed by atoms with Gasteiger partial charge in [-0.25, -0.2) is 0 Å². The quantitative estimate of drug-likeness (QED) is 0.652. The van der Waals surface area contributed by atoms with Gasteiger partial charge in [-0.3, -0.25) is 0 Å². The third kappa shape index (κ3) is 1.43. The highest BCUT2D eigenvalue weighted by Crippen LogP contribution is 2.46. The summed E-state index contributed by atoms with van der Waals surface area (Å²) in [5.74, 6) is 2.50. The number of rotatable bonds is 1. The maximum atomic E-state index is 5.65. The molecule has 1 nitrogen and oxygen atoms in total. The van der Waals surface area contributed by atoms with Gasteiger partial charge in [0.25, 0.3) is 0 Å². The van der Waals surface area contributed by atoms with Gasteiger partial charge in [-0.15, -0.1) is 0 Å². The highest BCUT2D eigenvalue weighted by molar-refractivity contribution is 5.40. The van der Waals surface area contributed by atoms with Crippen molar-refractivity contribution in [1.82, 2.24) is 0 Å². The van der Waals surface area contributed by atoms with E-state index in [4.69, 9.17) is 5.73 Å². The van der Waals surface area contributed by atoms with Crippen LogP contribution in [0.5, 0.6) is 0 Å². The highest BCUT2D eigenvalue weighted by atomic mass is 14.5. The average Bonchev–Trinajstić information content (AvgIpc) is 2.15. The van der Waals surface area contributed by atoms with Crippen molar-refractivity contribution in [2.75, 3.05) is 5.73 Å². The van der Waals surface area contributed by atoms with Crippen molar-refractivity contribution in [2.24, 2.45) is 11.8 Å². The second-order valence-corrected chi connectivity index (χ2v) is 4.35. The molecule has 0 unspecified atom stereocenters. The molecule has 0 amide bonds. The Kier molecular flexibility index (Phi) is 2.03. The zero-order valence-corrected chi connectivity index (χ0v) is 8.33. The van der Waals surface area contributed by atoms with Gasteiger partial charge >= 0.3 is 0 Å². The molecule has 1 aromatic carbocycles. The maximum Gasteiger partial charge on any atom is 0.0314 e. The molecule has 0 aromatic heterocycles. The number of benzene rings is 1. The van der Waals surface area contributed by atoms with Crippen molar-refractivity contribution in [2.45, 2.75) is 26.2 Å². The lowest BCUT2D eigenvalue weighted by Crippen LogP contribution is -2.30. The summed E-state index contributed by atoms with van der Waals surface area (Å²) in [7, 11) is 0. The molecular formula is C12H17N. The lowest BCUT2D eigenvalue weighted by atomic mass is 9.64. The monoisotopic (exact) mass is 175 g/mol. The zero-order chi connectivity index (χ0) is 9.42. The lowest BCUT2D eigenvalue weighted by Gasteiger charge is -2.41. The van der Waals surface area contributed by atoms with Crippen LogP contribution >= 0.6 is 0 Å². The van der Waals surface area contributed by atoms with E-state index in [-0.39, 0.29) is 0 Å². The van der Waals surface area contributed by atoms with Crippen LogP contribution in [0, 0.1) is 11.8 Å². The first-order valence-corrected chi connectivity index (χ1v) is 5.04. The van der Waals surface area contributed by atoms with Gasteiger partial charge in [-0.1, -0.05) is 26.0 Å². The van der Waals surface area contributed by atoms with E-state index in [9.17, 15) is 0 Å². The minimum absolute atomic E-state index is 0.774. The Morgan fingerprint density at radius 3 is 2.23 bits per heavy atom. The van der Waals surface area contributed by atoms with E-state index in [2.05, 4.69) is 26.0 Å². The van der Waals surface area contributed by atoms with E-state index in [1.165, 1.54) is 12.0 Å². The van der Waals surface area contributed by atoms with Crippen LogP contribution in [0.3, 0.4) is 0 Å². The fourth-order valence-electron chi connectivity index (χ4n) is 2.21. The van der Waals surface area contributed by atoms with Gasteiger partial charge in [-0.2, -0.15) is 0 Å². The van der Waals surface area contributed by atoms with Crippen LogP contribution in [0.25, 0.3) is 0 Å². The molecule has 1 aliphatic rings. The Bertz CT molecular complexity index is 288. The largest absolute Gasteiger partial charge is 0.399 e. The summed E-state index contributed by atoms with van der Waals surface area (Å²) in [6.45, 7) is 4.67. The van der Waals surface area contributed by atoms with Crippen molar-refractivity contribution in [3.8, 4) is 0 Å². The third-order valence-corrected chi connectivity index (χ3v) is 3.52. The first-order chi connectivity index (χ1) is 6.18. The van der Waals surface area contributed by atoms with E-state index in [1.807, 2.05) is 12.1 Å². The van der Waals surface area contributed by atoms with Crippen molar-refractivity contribution in [1.29, 1.82) is 0 Å². The van der Waals surface area contributed by atoms with Crippen LogP contribution in [0.2, 0.25) is 0 Å². The Hall–Kier alpha value is -0.980. The minimum atomic E-state index is 0.774. The summed E-state index contributed by atoms with van der Waals surface area (Å²) in [5, 5.41) is 0. The zero-order valence-electron chi connectivity index (χ0n) is 8.33. The summed E-state index contributed by atoms with van der Waals surface area (Å²) in [5.41, 5.74) is 7.97. The topological polar surface area (TPSA) is 26.0 Å². The molecule has 2 rings (SSSR count). The molecule has 0 aliphatic heterocycles. The van der Waals surface area contributed by atoms with Crippen molar-refractivity contribution in [3.05, 3.63) is 29.8 Å². The summed E-state index contributed by atoms with van der Waals surface area (Å²) in [6, 6.07) is 8.35. The molecule has 1 aliphatic carbocycles. The van der Waals surface area contributed by atoms with E-state index < -0.39 is 0 Å². The lowest BCUT2D eigenvalue weighted by molar-refractivity contribution is 0.169. The second kappa shape index (κ2) is 3.06. The molecule has 2 N–H and O–H groups in total. The van der Waals surface area contributed by atoms with Crippen LogP contribution in [-0.2, 0) is 0 Å². The first kappa shape index (κ1) is 8.61. The van der Waals surface area contributed by atoms with E-state index in [1.54, 1.807) is 0 Å². The number of anilines is 1. The van der Waals surface area contributed by atoms with Crippen LogP contribution < -0.4 is 5.73 Å². The molecular weight excluding hydrogens is 158 g/mol. The standard InChI is InChI=1S/C12H17N/c1-8-7-12(9(8)2)10-3-5-11(13)6-4-10/h3-6,8-9,12H,7,13H2,1-2H3/t8-,9-,12-/m0/s1. The fourth-order valence-corrected chi connectivity index (χ4v) is 2.21. The van der Waals surface area contributed by atoms with Gasteiger partial charge in [0, 0.05) is 5.69 Å². The molecule has 1 saturated carbocycles. The number of hydrogen-bond donors (Lipinski definition) is 1. The van der Waals surface area contributed by atoms with Crippen LogP contribution in [0.15, 0.2) is 24.3 Å². The molecule has 1 aromatic rings. The highest BCUT2D eigenvalue weighted by Gasteiger charge is 2.34. The smallest absolute Gasteiger partial charge is 0.0314 e. The fraction of sp³-hybridized carbons (Fsp3) is 0.500. The molecule has 1 heteroatoms. The molecule has 0 heterocycles. The summed E-state index contributed by atoms with van der Waals surface area (Å²) in [4.78, 5) is 0. The van der Waals surface area contributed by atoms with Crippen molar-refractivity contribution >= 4 is 5.69 Å². The van der Waals surface area contributed by atoms with Gasteiger partial charge in [0.2, 0.25) is 0 Å². The Morgan fingerprint density at radius 1 is 1.15 bits per heavy atom. The molecule has 13 heavy (non-hydrogen) atoms. The van der Waals surface area contributed by atoms with E-state index in [0.717, 1.165) is 23.4 Å². The van der Waals surface area contributed by atoms with Crippen LogP contribution in [-0.4, -0.2) is 0 Å². The molecule has 3 atom stereocenters. The number of nitrogens with two attached hydrogens (primary N) is 1. The Balaban J connectivity index is 2.14. The van der Waals surface area contributed by atoms with Gasteiger partial charge in [0.05, 0.1) is 0 Å². The molecule has 0 radical (unpaired) electrons. The first-order valence-electron chi connectivity index (χ1n) is 5.04. The maximum absolute atomic E-state index is 5.65. The third-order valence-electron chi connectivity index (χ3n) is 3.52. The Labute approximate surface area is 80.0 Å². The van der Waals surface area contributed by atoms with Crippen molar-refractivity contribution in [3.63, 3.8) is 0 Å². The van der Waals surface area contributed by atoms with Crippen LogP contribution in [0.4, 0.5) is 5.69 Å². The number of nitrogen functional groups attached to an aromatic ring is 1. The average molecular weight is 175 g/mol. The van der Waals surface area contributed by atoms with Gasteiger partial charge in [0.15, 0.2) is 0 Å². The SMILES string of the molecule is C[C@@H]1[C@@H](c2ccc(N)cc2)C[C@@H]1C. The summed E-state index contributed by atoms with van der Waals surface area (Å²) >= 11 is 0. The van der Waals surface area contributed by atoms with Gasteiger partial charge in [-0.05, 0) is 41.9 Å². The second-order valence-electron chi connectivity index (χ2n) is 4.35. The summed E-state index contributed by atoms with van der Waals surface area (Å²) in [6.07, 6.45) is 1.34. The van der Waals surface area contributed by atoms with Gasteiger partial charge < -0.3 is 5.73 Å². The molecule has 0 spiro atoms. The molecule has 0 bridgehead atoms. The molecule has 0 saturated heterocycles. The van der Waals surface area contributed by atoms with E-state index in [0.29, 0.717) is 0 Å². The van der Waals surface area contributed by atoms with Crippen molar-refractivity contribution < 1.29 is 0 Å². The molecule has 1 fully saturated rings. The summed E-state index contributed by atoms with van der Waals surface area (Å²) < 4.78 is 0. The molecule has 70 valence electrons. The predicted octanol–water partition coefficient (Wildman–Crippen LogP) is 3.03. The predicted molar refractivity (Wildman–Crippen MR) is 56.5 cm³/mol. The van der Waals surface area contributed by atoms with Gasteiger partial charge in [0.1, 0.15) is 0 Å². The normalized spacial score (nSPS) is 32.6. The number of hydrogen-bond acceptors (Lipinski definition) is 1.